The van der Waals surface area contributed by atoms with Crippen molar-refractivity contribution in [3.05, 3.63) is 35.4 Å². The number of hydrogen-bond donors (Lipinski definition) is 2. The number of nitrogens with two attached hydrogens (primary N) is 1. The minimum Gasteiger partial charge on any atom is -0.465 e. The normalized spacial score (nSPS) is 16.0. The highest BCUT2D eigenvalue weighted by atomic mass is 32.2. The van der Waals surface area contributed by atoms with Crippen LogP contribution in [0.1, 0.15) is 28.8 Å². The Labute approximate surface area is 112 Å². The van der Waals surface area contributed by atoms with Crippen LogP contribution in [0.15, 0.2) is 24.3 Å². The van der Waals surface area contributed by atoms with Crippen LogP contribution in [-0.2, 0) is 20.4 Å². The number of hydrogen-bond acceptors (Lipinski definition) is 5. The third-order valence-corrected chi connectivity index (χ3v) is 2.67. The molecule has 0 unspecified atom stereocenters. The monoisotopic (exact) mass is 287 g/mol. The lowest BCUT2D eigenvalue weighted by Crippen LogP contribution is -2.18. The Kier molecular flexibility index (Phi) is 4.67. The molecular weight excluding hydrogens is 270 g/mol. The lowest BCUT2D eigenvalue weighted by Gasteiger charge is -2.08. The van der Waals surface area contributed by atoms with E-state index in [1.165, 1.54) is 7.11 Å². The minimum absolute atomic E-state index is 0.130. The second kappa shape index (κ2) is 5.68. The van der Waals surface area contributed by atoms with Gasteiger partial charge in [0.2, 0.25) is 0 Å². The minimum atomic E-state index is -3.67. The largest absolute Gasteiger partial charge is 0.465 e. The zero-order valence-electron chi connectivity index (χ0n) is 10.8. The maximum atomic E-state index is 11.1. The third kappa shape index (κ3) is 5.37. The van der Waals surface area contributed by atoms with Gasteiger partial charge < -0.3 is 10.5 Å². The van der Waals surface area contributed by atoms with Crippen LogP contribution in [0.2, 0.25) is 0 Å². The van der Waals surface area contributed by atoms with Crippen LogP contribution in [0.3, 0.4) is 0 Å². The van der Waals surface area contributed by atoms with Gasteiger partial charge in [0.05, 0.1) is 18.9 Å². The predicted molar refractivity (Wildman–Crippen MR) is 70.4 cm³/mol. The van der Waals surface area contributed by atoms with Gasteiger partial charge in [-0.05, 0) is 30.5 Å². The molecule has 0 amide bonds. The summed E-state index contributed by atoms with van der Waals surface area (Å²) in [6.45, 7) is 0. The van der Waals surface area contributed by atoms with E-state index in [0.29, 0.717) is 11.8 Å². The van der Waals surface area contributed by atoms with E-state index in [2.05, 4.69) is 4.74 Å². The van der Waals surface area contributed by atoms with Gasteiger partial charge in [-0.1, -0.05) is 12.1 Å². The van der Waals surface area contributed by atoms with Crippen molar-refractivity contribution < 1.29 is 22.5 Å². The van der Waals surface area contributed by atoms with Crippen molar-refractivity contribution in [3.63, 3.8) is 0 Å². The van der Waals surface area contributed by atoms with E-state index in [1.54, 1.807) is 12.1 Å². The molecule has 3 N–H and O–H groups in total. The second-order valence-electron chi connectivity index (χ2n) is 4.46. The Morgan fingerprint density at radius 3 is 2.05 bits per heavy atom. The summed E-state index contributed by atoms with van der Waals surface area (Å²) in [5.41, 5.74) is 7.55. The summed E-state index contributed by atoms with van der Waals surface area (Å²) < 4.78 is 30.5. The number of ether oxygens (including phenoxy) is 1. The quantitative estimate of drug-likeness (QED) is 0.619. The van der Waals surface area contributed by atoms with Gasteiger partial charge in [0.15, 0.2) is 0 Å². The van der Waals surface area contributed by atoms with Crippen molar-refractivity contribution >= 4 is 16.1 Å². The van der Waals surface area contributed by atoms with Crippen molar-refractivity contribution in [2.45, 2.75) is 18.4 Å². The fraction of sp³-hybridized carbons (Fsp3) is 0.417. The first-order chi connectivity index (χ1) is 8.65. The Bertz CT molecular complexity index is 538. The number of methoxy groups -OCH3 is 1. The molecular formula is C12H17NO5S. The topological polar surface area (TPSA) is 107 Å². The van der Waals surface area contributed by atoms with E-state index in [-0.39, 0.29) is 11.5 Å². The van der Waals surface area contributed by atoms with Gasteiger partial charge >= 0.3 is 5.97 Å². The van der Waals surface area contributed by atoms with Crippen molar-refractivity contribution in [2.75, 3.05) is 13.4 Å². The molecule has 0 bridgehead atoms. The molecule has 0 aliphatic heterocycles. The molecule has 0 heterocycles. The standard InChI is InChI=1S/C11H13NO2.CH4O3S/c1-14-10(13)8-2-4-9(5-3-8)11(12)6-7-11;1-5(2,3)4/h2-5H,6-7,12H2,1H3;1H3,(H,2,3,4). The first kappa shape index (κ1) is 15.6. The molecule has 0 saturated heterocycles. The van der Waals surface area contributed by atoms with E-state index in [9.17, 15) is 13.2 Å². The lowest BCUT2D eigenvalue weighted by atomic mass is 10.0. The molecule has 6 nitrogen and oxygen atoms in total. The van der Waals surface area contributed by atoms with Gasteiger partial charge in [-0.2, -0.15) is 8.42 Å². The number of rotatable bonds is 2. The summed E-state index contributed by atoms with van der Waals surface area (Å²) in [6, 6.07) is 7.32. The maximum Gasteiger partial charge on any atom is 0.337 e. The Morgan fingerprint density at radius 1 is 1.32 bits per heavy atom. The first-order valence-electron chi connectivity index (χ1n) is 5.56. The number of esters is 1. The zero-order valence-corrected chi connectivity index (χ0v) is 11.6. The summed E-state index contributed by atoms with van der Waals surface area (Å²) >= 11 is 0. The second-order valence-corrected chi connectivity index (χ2v) is 5.92. The highest BCUT2D eigenvalue weighted by molar-refractivity contribution is 7.85. The molecule has 0 radical (unpaired) electrons. The summed E-state index contributed by atoms with van der Waals surface area (Å²) in [5.74, 6) is -0.307. The summed E-state index contributed by atoms with van der Waals surface area (Å²) in [4.78, 5) is 11.1. The molecule has 0 aromatic heterocycles. The van der Waals surface area contributed by atoms with E-state index >= 15 is 0 Å². The van der Waals surface area contributed by atoms with Gasteiger partial charge in [0, 0.05) is 5.54 Å². The Hall–Kier alpha value is -1.44. The lowest BCUT2D eigenvalue weighted by molar-refractivity contribution is 0.0600. The molecule has 7 heteroatoms. The van der Waals surface area contributed by atoms with Crippen LogP contribution in [0, 0.1) is 0 Å². The molecule has 1 aliphatic rings. The molecule has 1 saturated carbocycles. The molecule has 1 aromatic carbocycles. The van der Waals surface area contributed by atoms with Crippen molar-refractivity contribution in [3.8, 4) is 0 Å². The zero-order chi connectivity index (χ0) is 14.7. The van der Waals surface area contributed by atoms with Crippen molar-refractivity contribution in [1.29, 1.82) is 0 Å². The highest BCUT2D eigenvalue weighted by Gasteiger charge is 2.39. The number of benzene rings is 1. The SMILES string of the molecule is COC(=O)c1ccc(C2(N)CC2)cc1.CS(=O)(=O)O. The van der Waals surface area contributed by atoms with Crippen molar-refractivity contribution in [2.24, 2.45) is 5.73 Å². The van der Waals surface area contributed by atoms with Gasteiger partial charge in [-0.15, -0.1) is 0 Å². The fourth-order valence-electron chi connectivity index (χ4n) is 1.48. The fourth-order valence-corrected chi connectivity index (χ4v) is 1.48. The van der Waals surface area contributed by atoms with E-state index in [0.717, 1.165) is 18.4 Å². The maximum absolute atomic E-state index is 11.1. The van der Waals surface area contributed by atoms with Crippen LogP contribution in [-0.4, -0.2) is 32.3 Å². The predicted octanol–water partition coefficient (Wildman–Crippen LogP) is 0.925. The van der Waals surface area contributed by atoms with E-state index < -0.39 is 10.1 Å². The van der Waals surface area contributed by atoms with Gasteiger partial charge in [-0.3, -0.25) is 4.55 Å². The first-order valence-corrected chi connectivity index (χ1v) is 7.41. The summed E-state index contributed by atoms with van der Waals surface area (Å²) in [6.07, 6.45) is 2.78. The smallest absolute Gasteiger partial charge is 0.337 e. The van der Waals surface area contributed by atoms with Crippen molar-refractivity contribution in [1.82, 2.24) is 0 Å². The average Bonchev–Trinajstić information content (AvgIpc) is 3.06. The Balaban J connectivity index is 0.000000312. The molecule has 1 aromatic rings. The van der Waals surface area contributed by atoms with Gasteiger partial charge in [0.25, 0.3) is 10.1 Å². The van der Waals surface area contributed by atoms with Gasteiger partial charge in [-0.25, -0.2) is 4.79 Å². The van der Waals surface area contributed by atoms with Crippen LogP contribution >= 0.6 is 0 Å². The van der Waals surface area contributed by atoms with Crippen LogP contribution < -0.4 is 5.73 Å². The van der Waals surface area contributed by atoms with Crippen LogP contribution in [0.25, 0.3) is 0 Å². The molecule has 0 spiro atoms. The third-order valence-electron chi connectivity index (χ3n) is 2.67. The highest BCUT2D eigenvalue weighted by Crippen LogP contribution is 2.42. The molecule has 2 rings (SSSR count). The summed E-state index contributed by atoms with van der Waals surface area (Å²) in [5, 5.41) is 0. The van der Waals surface area contributed by atoms with Gasteiger partial charge in [0.1, 0.15) is 0 Å². The van der Waals surface area contributed by atoms with E-state index in [1.807, 2.05) is 12.1 Å². The van der Waals surface area contributed by atoms with E-state index in [4.69, 9.17) is 10.3 Å². The van der Waals surface area contributed by atoms with Crippen LogP contribution in [0.4, 0.5) is 0 Å². The molecule has 1 aliphatic carbocycles. The molecule has 0 atom stereocenters. The van der Waals surface area contributed by atoms with Crippen LogP contribution in [0.5, 0.6) is 0 Å². The Morgan fingerprint density at radius 2 is 1.74 bits per heavy atom. The molecule has 19 heavy (non-hydrogen) atoms. The summed E-state index contributed by atoms with van der Waals surface area (Å²) in [7, 11) is -2.29. The number of carbonyl (C=O) groups is 1. The molecule has 106 valence electrons. The average molecular weight is 287 g/mol. The molecule has 1 fully saturated rings. The number of carbonyl (C=O) groups excluding carboxylic acids is 1.